The van der Waals surface area contributed by atoms with Gasteiger partial charge in [-0.05, 0) is 12.8 Å². The van der Waals surface area contributed by atoms with Crippen LogP contribution in [0.25, 0.3) is 0 Å². The Bertz CT molecular complexity index is 179. The molecule has 4 heteroatoms. The Morgan fingerprint density at radius 3 is 3.00 bits per heavy atom. The highest BCUT2D eigenvalue weighted by atomic mass is 16.5. The van der Waals surface area contributed by atoms with Crippen LogP contribution in [-0.4, -0.2) is 31.7 Å². The van der Waals surface area contributed by atoms with Crippen LogP contribution in [0.15, 0.2) is 0 Å². The lowest BCUT2D eigenvalue weighted by Crippen LogP contribution is -2.41. The molecule has 14 heavy (non-hydrogen) atoms. The zero-order chi connectivity index (χ0) is 10.4. The van der Waals surface area contributed by atoms with E-state index in [4.69, 9.17) is 10.5 Å². The average Bonchev–Trinajstić information content (AvgIpc) is 2.66. The van der Waals surface area contributed by atoms with Gasteiger partial charge in [0.05, 0.1) is 18.6 Å². The second-order valence-corrected chi connectivity index (χ2v) is 3.79. The van der Waals surface area contributed by atoms with Crippen LogP contribution >= 0.6 is 0 Å². The summed E-state index contributed by atoms with van der Waals surface area (Å²) in [4.78, 5) is 11.7. The number of rotatable bonds is 5. The highest BCUT2D eigenvalue weighted by Crippen LogP contribution is 2.08. The smallest absolute Gasteiger partial charge is 0.224 e. The summed E-state index contributed by atoms with van der Waals surface area (Å²) < 4.78 is 5.19. The van der Waals surface area contributed by atoms with E-state index in [1.54, 1.807) is 0 Å². The third kappa shape index (κ3) is 3.27. The van der Waals surface area contributed by atoms with E-state index in [0.29, 0.717) is 13.2 Å². The highest BCUT2D eigenvalue weighted by molar-refractivity contribution is 5.79. The fourth-order valence-electron chi connectivity index (χ4n) is 1.67. The minimum Gasteiger partial charge on any atom is -0.379 e. The van der Waals surface area contributed by atoms with Gasteiger partial charge in [0.25, 0.3) is 0 Å². The number of carbonyl (C=O) groups excluding carboxylic acids is 1. The number of nitrogens with two attached hydrogens (primary N) is 1. The van der Waals surface area contributed by atoms with E-state index in [1.807, 2.05) is 0 Å². The van der Waals surface area contributed by atoms with Gasteiger partial charge in [-0.25, -0.2) is 0 Å². The Kier molecular flexibility index (Phi) is 4.90. The summed E-state index contributed by atoms with van der Waals surface area (Å²) in [6.45, 7) is 3.91. The fraction of sp³-hybridized carbons (Fsp3) is 0.900. The van der Waals surface area contributed by atoms with Gasteiger partial charge in [-0.2, -0.15) is 0 Å². The van der Waals surface area contributed by atoms with Gasteiger partial charge in [-0.3, -0.25) is 4.79 Å². The summed E-state index contributed by atoms with van der Waals surface area (Å²) in [5, 5.41) is 2.97. The lowest BCUT2D eigenvalue weighted by molar-refractivity contribution is -0.125. The maximum atomic E-state index is 11.7. The molecule has 0 radical (unpaired) electrons. The van der Waals surface area contributed by atoms with Gasteiger partial charge in [0.1, 0.15) is 0 Å². The molecule has 1 fully saturated rings. The van der Waals surface area contributed by atoms with Crippen LogP contribution in [-0.2, 0) is 9.53 Å². The molecular weight excluding hydrogens is 180 g/mol. The second kappa shape index (κ2) is 5.98. The molecule has 82 valence electrons. The van der Waals surface area contributed by atoms with Gasteiger partial charge in [-0.1, -0.05) is 13.3 Å². The first-order chi connectivity index (χ1) is 6.77. The molecule has 0 aromatic rings. The quantitative estimate of drug-likeness (QED) is 0.669. The molecule has 0 aromatic carbocycles. The Balaban J connectivity index is 2.30. The number of hydrogen-bond donors (Lipinski definition) is 2. The predicted molar refractivity (Wildman–Crippen MR) is 54.8 cm³/mol. The molecular formula is C10H20N2O2. The van der Waals surface area contributed by atoms with Crippen molar-refractivity contribution in [2.75, 3.05) is 19.8 Å². The van der Waals surface area contributed by atoms with Crippen LogP contribution in [0.2, 0.25) is 0 Å². The van der Waals surface area contributed by atoms with E-state index >= 15 is 0 Å². The first kappa shape index (κ1) is 11.5. The van der Waals surface area contributed by atoms with E-state index in [2.05, 4.69) is 12.2 Å². The molecule has 0 spiro atoms. The number of amides is 1. The van der Waals surface area contributed by atoms with Crippen molar-refractivity contribution in [2.45, 2.75) is 32.2 Å². The molecule has 3 N–H and O–H groups in total. The van der Waals surface area contributed by atoms with Crippen molar-refractivity contribution in [3.8, 4) is 0 Å². The number of hydrogen-bond acceptors (Lipinski definition) is 3. The van der Waals surface area contributed by atoms with Crippen molar-refractivity contribution in [3.05, 3.63) is 0 Å². The monoisotopic (exact) mass is 200 g/mol. The van der Waals surface area contributed by atoms with Gasteiger partial charge in [-0.15, -0.1) is 0 Å². The van der Waals surface area contributed by atoms with Crippen LogP contribution < -0.4 is 11.1 Å². The number of ether oxygens (including phenoxy) is 1. The molecule has 0 saturated carbocycles. The van der Waals surface area contributed by atoms with E-state index < -0.39 is 0 Å². The first-order valence-corrected chi connectivity index (χ1v) is 5.36. The van der Waals surface area contributed by atoms with Crippen molar-refractivity contribution in [2.24, 2.45) is 11.7 Å². The SMILES string of the molecule is CCCC(CN)C(=O)NC1CCOC1. The first-order valence-electron chi connectivity index (χ1n) is 5.36. The summed E-state index contributed by atoms with van der Waals surface area (Å²) >= 11 is 0. The minimum atomic E-state index is -0.0272. The Labute approximate surface area is 85.2 Å². The van der Waals surface area contributed by atoms with Gasteiger partial charge >= 0.3 is 0 Å². The normalized spacial score (nSPS) is 23.4. The molecule has 2 unspecified atom stereocenters. The van der Waals surface area contributed by atoms with Crippen molar-refractivity contribution < 1.29 is 9.53 Å². The van der Waals surface area contributed by atoms with E-state index in [1.165, 1.54) is 0 Å². The summed E-state index contributed by atoms with van der Waals surface area (Å²) in [6, 6.07) is 0.202. The molecule has 1 heterocycles. The number of carbonyl (C=O) groups is 1. The third-order valence-corrected chi connectivity index (χ3v) is 2.57. The second-order valence-electron chi connectivity index (χ2n) is 3.79. The molecule has 2 atom stereocenters. The van der Waals surface area contributed by atoms with Gasteiger partial charge in [0.15, 0.2) is 0 Å². The molecule has 0 aromatic heterocycles. The standard InChI is InChI=1S/C10H20N2O2/c1-2-3-8(6-11)10(13)12-9-4-5-14-7-9/h8-9H,2-7,11H2,1H3,(H,12,13). The van der Waals surface area contributed by atoms with Crippen molar-refractivity contribution in [1.29, 1.82) is 0 Å². The van der Waals surface area contributed by atoms with Gasteiger partial charge < -0.3 is 15.8 Å². The molecule has 1 amide bonds. The topological polar surface area (TPSA) is 64.4 Å². The van der Waals surface area contributed by atoms with Crippen molar-refractivity contribution in [1.82, 2.24) is 5.32 Å². The van der Waals surface area contributed by atoms with Gasteiger partial charge in [0.2, 0.25) is 5.91 Å². The van der Waals surface area contributed by atoms with Crippen molar-refractivity contribution >= 4 is 5.91 Å². The highest BCUT2D eigenvalue weighted by Gasteiger charge is 2.22. The van der Waals surface area contributed by atoms with Crippen LogP contribution in [0.1, 0.15) is 26.2 Å². The van der Waals surface area contributed by atoms with Crippen LogP contribution in [0.3, 0.4) is 0 Å². The maximum Gasteiger partial charge on any atom is 0.224 e. The van der Waals surface area contributed by atoms with Crippen LogP contribution in [0, 0.1) is 5.92 Å². The minimum absolute atomic E-state index is 0.0272. The molecule has 1 saturated heterocycles. The van der Waals surface area contributed by atoms with E-state index in [9.17, 15) is 4.79 Å². The largest absolute Gasteiger partial charge is 0.379 e. The van der Waals surface area contributed by atoms with E-state index in [0.717, 1.165) is 25.9 Å². The summed E-state index contributed by atoms with van der Waals surface area (Å²) in [5.74, 6) is 0.0606. The lowest BCUT2D eigenvalue weighted by Gasteiger charge is -2.16. The zero-order valence-corrected chi connectivity index (χ0v) is 8.79. The summed E-state index contributed by atoms with van der Waals surface area (Å²) in [5.41, 5.74) is 5.54. The number of nitrogens with one attached hydrogen (secondary N) is 1. The van der Waals surface area contributed by atoms with E-state index in [-0.39, 0.29) is 17.9 Å². The Hall–Kier alpha value is -0.610. The molecule has 1 aliphatic heterocycles. The molecule has 0 aliphatic carbocycles. The average molecular weight is 200 g/mol. The summed E-state index contributed by atoms with van der Waals surface area (Å²) in [6.07, 6.45) is 2.79. The fourth-order valence-corrected chi connectivity index (χ4v) is 1.67. The molecule has 0 bridgehead atoms. The zero-order valence-electron chi connectivity index (χ0n) is 8.79. The summed E-state index contributed by atoms with van der Waals surface area (Å²) in [7, 11) is 0. The van der Waals surface area contributed by atoms with Crippen molar-refractivity contribution in [3.63, 3.8) is 0 Å². The molecule has 1 rings (SSSR count). The maximum absolute atomic E-state index is 11.7. The van der Waals surface area contributed by atoms with Crippen LogP contribution in [0.4, 0.5) is 0 Å². The molecule has 4 nitrogen and oxygen atoms in total. The van der Waals surface area contributed by atoms with Crippen LogP contribution in [0.5, 0.6) is 0 Å². The third-order valence-electron chi connectivity index (χ3n) is 2.57. The Morgan fingerprint density at radius 1 is 1.71 bits per heavy atom. The van der Waals surface area contributed by atoms with Gasteiger partial charge in [0, 0.05) is 13.2 Å². The Morgan fingerprint density at radius 2 is 2.50 bits per heavy atom. The predicted octanol–water partition coefficient (Wildman–Crippen LogP) is 0.267. The lowest BCUT2D eigenvalue weighted by atomic mass is 10.0. The molecule has 1 aliphatic rings.